The lowest BCUT2D eigenvalue weighted by Crippen LogP contribution is -2.43. The summed E-state index contributed by atoms with van der Waals surface area (Å²) in [4.78, 5) is 14.9. The lowest BCUT2D eigenvalue weighted by Gasteiger charge is -2.32. The molecule has 1 fully saturated rings. The van der Waals surface area contributed by atoms with Gasteiger partial charge in [0.2, 0.25) is 5.91 Å². The maximum atomic E-state index is 12.6. The zero-order chi connectivity index (χ0) is 19.8. The van der Waals surface area contributed by atoms with Crippen LogP contribution < -0.4 is 10.1 Å². The number of para-hydroxylation sites is 1. The van der Waals surface area contributed by atoms with Gasteiger partial charge in [0, 0.05) is 24.7 Å². The Morgan fingerprint density at radius 3 is 2.71 bits per heavy atom. The molecule has 28 heavy (non-hydrogen) atoms. The minimum absolute atomic E-state index is 0.0579. The molecule has 0 spiro atoms. The smallest absolute Gasteiger partial charge is 0.224 e. The van der Waals surface area contributed by atoms with Crippen LogP contribution in [0.5, 0.6) is 5.75 Å². The summed E-state index contributed by atoms with van der Waals surface area (Å²) in [5.41, 5.74) is 2.31. The summed E-state index contributed by atoms with van der Waals surface area (Å²) < 4.78 is 5.39. The molecule has 1 N–H and O–H groups in total. The topological polar surface area (TPSA) is 41.6 Å². The van der Waals surface area contributed by atoms with Crippen LogP contribution in [0, 0.1) is 5.92 Å². The molecule has 0 unspecified atom stereocenters. The predicted octanol–water partition coefficient (Wildman–Crippen LogP) is 4.31. The molecule has 0 saturated carbocycles. The highest BCUT2D eigenvalue weighted by Crippen LogP contribution is 2.22. The molecule has 150 valence electrons. The minimum atomic E-state index is 0.0579. The first kappa shape index (κ1) is 20.7. The number of halogens is 1. The van der Waals surface area contributed by atoms with Gasteiger partial charge >= 0.3 is 0 Å². The average molecular weight is 401 g/mol. The van der Waals surface area contributed by atoms with Crippen molar-refractivity contribution in [3.8, 4) is 5.75 Å². The molecule has 4 nitrogen and oxygen atoms in total. The molecule has 0 bridgehead atoms. The van der Waals surface area contributed by atoms with Crippen LogP contribution in [-0.2, 0) is 17.8 Å². The van der Waals surface area contributed by atoms with E-state index in [1.54, 1.807) is 7.11 Å². The molecule has 1 aliphatic rings. The van der Waals surface area contributed by atoms with Crippen LogP contribution in [0.2, 0.25) is 5.02 Å². The molecule has 1 atom stereocenters. The first-order chi connectivity index (χ1) is 13.7. The van der Waals surface area contributed by atoms with E-state index in [2.05, 4.69) is 22.3 Å². The maximum Gasteiger partial charge on any atom is 0.224 e. The molecule has 2 aromatic rings. The van der Waals surface area contributed by atoms with Crippen LogP contribution >= 0.6 is 11.6 Å². The quantitative estimate of drug-likeness (QED) is 0.671. The van der Waals surface area contributed by atoms with Crippen LogP contribution in [0.15, 0.2) is 48.5 Å². The third-order valence-corrected chi connectivity index (χ3v) is 5.71. The zero-order valence-corrected chi connectivity index (χ0v) is 17.3. The number of carbonyl (C=O) groups excluding carboxylic acids is 1. The number of rotatable bonds is 8. The van der Waals surface area contributed by atoms with E-state index in [1.165, 1.54) is 5.56 Å². The Balaban J connectivity index is 1.43. The Labute approximate surface area is 172 Å². The van der Waals surface area contributed by atoms with Crippen molar-refractivity contribution in [3.05, 3.63) is 64.7 Å². The monoisotopic (exact) mass is 400 g/mol. The molecule has 0 radical (unpaired) electrons. The van der Waals surface area contributed by atoms with E-state index in [0.29, 0.717) is 6.54 Å². The second kappa shape index (κ2) is 10.5. The molecular formula is C23H29ClN2O2. The van der Waals surface area contributed by atoms with Crippen LogP contribution in [-0.4, -0.2) is 37.6 Å². The van der Waals surface area contributed by atoms with Crippen molar-refractivity contribution in [3.63, 3.8) is 0 Å². The predicted molar refractivity (Wildman–Crippen MR) is 114 cm³/mol. The number of piperidine rings is 1. The summed E-state index contributed by atoms with van der Waals surface area (Å²) in [6.07, 6.45) is 3.80. The molecule has 0 aliphatic carbocycles. The Hall–Kier alpha value is -2.04. The minimum Gasteiger partial charge on any atom is -0.496 e. The van der Waals surface area contributed by atoms with E-state index in [4.69, 9.17) is 16.3 Å². The highest BCUT2D eigenvalue weighted by Gasteiger charge is 2.25. The number of hydrogen-bond donors (Lipinski definition) is 1. The number of hydrogen-bond acceptors (Lipinski definition) is 3. The fourth-order valence-corrected chi connectivity index (χ4v) is 4.02. The largest absolute Gasteiger partial charge is 0.496 e. The fraction of sp³-hybridized carbons (Fsp3) is 0.435. The van der Waals surface area contributed by atoms with Crippen molar-refractivity contribution in [2.24, 2.45) is 5.92 Å². The average Bonchev–Trinajstić information content (AvgIpc) is 2.73. The maximum absolute atomic E-state index is 12.6. The Morgan fingerprint density at radius 1 is 1.18 bits per heavy atom. The van der Waals surface area contributed by atoms with Crippen molar-refractivity contribution in [2.45, 2.75) is 32.2 Å². The highest BCUT2D eigenvalue weighted by molar-refractivity contribution is 6.31. The summed E-state index contributed by atoms with van der Waals surface area (Å²) >= 11 is 6.28. The number of aryl methyl sites for hydroxylation is 1. The molecule has 3 rings (SSSR count). The summed E-state index contributed by atoms with van der Waals surface area (Å²) in [5, 5.41) is 3.92. The third-order valence-electron chi connectivity index (χ3n) is 5.34. The third kappa shape index (κ3) is 5.73. The van der Waals surface area contributed by atoms with Gasteiger partial charge in [0.1, 0.15) is 5.75 Å². The van der Waals surface area contributed by atoms with Crippen molar-refractivity contribution >= 4 is 17.5 Å². The summed E-state index contributed by atoms with van der Waals surface area (Å²) in [6, 6.07) is 16.0. The zero-order valence-electron chi connectivity index (χ0n) is 16.5. The molecule has 2 aromatic carbocycles. The van der Waals surface area contributed by atoms with E-state index in [1.807, 2.05) is 36.4 Å². The van der Waals surface area contributed by atoms with Crippen LogP contribution in [0.3, 0.4) is 0 Å². The number of amides is 1. The molecule has 1 aliphatic heterocycles. The SMILES string of the molecule is COc1ccccc1CCCNC(=O)[C@@H]1CCCN(Cc2ccccc2Cl)C1. The Morgan fingerprint density at radius 2 is 1.93 bits per heavy atom. The van der Waals surface area contributed by atoms with Gasteiger partial charge in [-0.25, -0.2) is 0 Å². The standard InChI is InChI=1S/C23H29ClN2O2/c1-28-22-13-5-3-8-18(22)10-6-14-25-23(27)20-11-7-15-26(17-20)16-19-9-2-4-12-21(19)24/h2-5,8-9,12-13,20H,6-7,10-11,14-17H2,1H3,(H,25,27)/t20-/m1/s1. The molecule has 1 amide bonds. The van der Waals surface area contributed by atoms with E-state index in [9.17, 15) is 4.79 Å². The normalized spacial score (nSPS) is 17.3. The lowest BCUT2D eigenvalue weighted by atomic mass is 9.96. The number of nitrogens with zero attached hydrogens (tertiary/aromatic N) is 1. The van der Waals surface area contributed by atoms with Crippen LogP contribution in [0.25, 0.3) is 0 Å². The van der Waals surface area contributed by atoms with E-state index in [0.717, 1.165) is 61.7 Å². The number of carbonyl (C=O) groups is 1. The molecule has 5 heteroatoms. The number of nitrogens with one attached hydrogen (secondary N) is 1. The Kier molecular flexibility index (Phi) is 7.75. The van der Waals surface area contributed by atoms with Crippen molar-refractivity contribution < 1.29 is 9.53 Å². The lowest BCUT2D eigenvalue weighted by molar-refractivity contribution is -0.126. The van der Waals surface area contributed by atoms with E-state index >= 15 is 0 Å². The fourth-order valence-electron chi connectivity index (χ4n) is 3.82. The Bertz CT molecular complexity index is 781. The molecule has 0 aromatic heterocycles. The van der Waals surface area contributed by atoms with Gasteiger partial charge in [0.25, 0.3) is 0 Å². The number of likely N-dealkylation sites (tertiary alicyclic amines) is 1. The summed E-state index contributed by atoms with van der Waals surface area (Å²) in [6.45, 7) is 3.31. The first-order valence-corrected chi connectivity index (χ1v) is 10.4. The molecule has 1 saturated heterocycles. The van der Waals surface area contributed by atoms with Crippen molar-refractivity contribution in [1.29, 1.82) is 0 Å². The summed E-state index contributed by atoms with van der Waals surface area (Å²) in [5.74, 6) is 1.14. The van der Waals surface area contributed by atoms with Gasteiger partial charge in [-0.2, -0.15) is 0 Å². The number of ether oxygens (including phenoxy) is 1. The first-order valence-electron chi connectivity index (χ1n) is 10.0. The van der Waals surface area contributed by atoms with Crippen molar-refractivity contribution in [2.75, 3.05) is 26.7 Å². The van der Waals surface area contributed by atoms with Gasteiger partial charge in [-0.05, 0) is 55.5 Å². The van der Waals surface area contributed by atoms with E-state index in [-0.39, 0.29) is 11.8 Å². The molecule has 1 heterocycles. The summed E-state index contributed by atoms with van der Waals surface area (Å²) in [7, 11) is 1.69. The van der Waals surface area contributed by atoms with Crippen LogP contribution in [0.4, 0.5) is 0 Å². The van der Waals surface area contributed by atoms with E-state index < -0.39 is 0 Å². The molecular weight excluding hydrogens is 372 g/mol. The van der Waals surface area contributed by atoms with Gasteiger partial charge in [0.15, 0.2) is 0 Å². The van der Waals surface area contributed by atoms with Gasteiger partial charge in [-0.1, -0.05) is 48.0 Å². The second-order valence-electron chi connectivity index (χ2n) is 7.37. The van der Waals surface area contributed by atoms with Crippen molar-refractivity contribution in [1.82, 2.24) is 10.2 Å². The number of benzene rings is 2. The second-order valence-corrected chi connectivity index (χ2v) is 7.78. The van der Waals surface area contributed by atoms with Crippen LogP contribution in [0.1, 0.15) is 30.4 Å². The highest BCUT2D eigenvalue weighted by atomic mass is 35.5. The van der Waals surface area contributed by atoms with Gasteiger partial charge in [0.05, 0.1) is 13.0 Å². The number of methoxy groups -OCH3 is 1. The van der Waals surface area contributed by atoms with Gasteiger partial charge in [-0.15, -0.1) is 0 Å². The van der Waals surface area contributed by atoms with Gasteiger partial charge < -0.3 is 10.1 Å². The van der Waals surface area contributed by atoms with Gasteiger partial charge in [-0.3, -0.25) is 9.69 Å².